The largest absolute Gasteiger partial charge is 0.478 e. The van der Waals surface area contributed by atoms with Crippen molar-refractivity contribution in [1.29, 1.82) is 0 Å². The van der Waals surface area contributed by atoms with E-state index < -0.39 is 60.4 Å². The molecule has 12 nitrogen and oxygen atoms in total. The summed E-state index contributed by atoms with van der Waals surface area (Å²) in [5, 5.41) is 9.64. The van der Waals surface area contributed by atoms with Gasteiger partial charge in [-0.05, 0) is 17.7 Å². The van der Waals surface area contributed by atoms with E-state index in [9.17, 15) is 29.1 Å². The van der Waals surface area contributed by atoms with Crippen molar-refractivity contribution in [3.05, 3.63) is 29.3 Å². The average molecular weight is 482 g/mol. The zero-order valence-electron chi connectivity index (χ0n) is 19.3. The number of methoxy groups -OCH3 is 1. The molecule has 186 valence electrons. The maximum absolute atomic E-state index is 12.3. The molecule has 5 atom stereocenters. The first kappa shape index (κ1) is 26.6. The summed E-state index contributed by atoms with van der Waals surface area (Å²) in [6.45, 7) is 4.84. The summed E-state index contributed by atoms with van der Waals surface area (Å²) in [6.07, 6.45) is -5.31. The molecule has 0 radical (unpaired) electrons. The SMILES string of the molecule is COC(=O)[C@H]1O[C@@H](Oc2ccc(COC(C)=O)cc2C(=O)O)[C@H](OC(C)=O)[C@@H](OC(C)=O)[C@@H]1C. The summed E-state index contributed by atoms with van der Waals surface area (Å²) >= 11 is 0. The molecule has 12 heteroatoms. The highest BCUT2D eigenvalue weighted by atomic mass is 16.7. The van der Waals surface area contributed by atoms with Crippen molar-refractivity contribution in [3.63, 3.8) is 0 Å². The van der Waals surface area contributed by atoms with Gasteiger partial charge >= 0.3 is 29.8 Å². The Bertz CT molecular complexity index is 955. The quantitative estimate of drug-likeness (QED) is 0.417. The van der Waals surface area contributed by atoms with Crippen molar-refractivity contribution in [2.45, 2.75) is 58.9 Å². The Labute approximate surface area is 195 Å². The minimum atomic E-state index is -1.54. The van der Waals surface area contributed by atoms with Crippen LogP contribution in [0.2, 0.25) is 0 Å². The minimum Gasteiger partial charge on any atom is -0.478 e. The predicted octanol–water partition coefficient (Wildman–Crippen LogP) is 1.22. The molecule has 1 heterocycles. The third-order valence-electron chi connectivity index (χ3n) is 4.87. The standard InChI is InChI=1S/C22H26O12/c1-10-17(31-12(3)24)19(32-13(4)25)22(34-18(10)21(28)29-5)33-16-7-6-14(9-30-11(2)23)8-15(16)20(26)27/h6-8,10,17-19,22H,9H2,1-5H3,(H,26,27)/t10-,17-,18-,19+,22+/m0/s1. The van der Waals surface area contributed by atoms with Crippen molar-refractivity contribution in [3.8, 4) is 5.75 Å². The number of hydrogen-bond acceptors (Lipinski definition) is 11. The predicted molar refractivity (Wildman–Crippen MR) is 110 cm³/mol. The van der Waals surface area contributed by atoms with Gasteiger partial charge in [0.2, 0.25) is 12.4 Å². The monoisotopic (exact) mass is 482 g/mol. The number of carbonyl (C=O) groups is 5. The molecule has 0 aliphatic carbocycles. The van der Waals surface area contributed by atoms with Crippen LogP contribution >= 0.6 is 0 Å². The first-order chi connectivity index (χ1) is 15.9. The van der Waals surface area contributed by atoms with Crippen LogP contribution in [0.15, 0.2) is 18.2 Å². The number of carbonyl (C=O) groups excluding carboxylic acids is 4. The lowest BCUT2D eigenvalue weighted by Crippen LogP contribution is -2.60. The molecule has 0 saturated carbocycles. The highest BCUT2D eigenvalue weighted by Crippen LogP contribution is 2.34. The molecular weight excluding hydrogens is 456 g/mol. The van der Waals surface area contributed by atoms with Crippen LogP contribution < -0.4 is 4.74 Å². The lowest BCUT2D eigenvalue weighted by atomic mass is 9.90. The third kappa shape index (κ3) is 6.67. The molecule has 0 amide bonds. The Morgan fingerprint density at radius 3 is 2.12 bits per heavy atom. The lowest BCUT2D eigenvalue weighted by Gasteiger charge is -2.42. The molecule has 1 N–H and O–H groups in total. The van der Waals surface area contributed by atoms with E-state index in [1.165, 1.54) is 32.0 Å². The van der Waals surface area contributed by atoms with Crippen LogP contribution in [-0.4, -0.2) is 66.7 Å². The average Bonchev–Trinajstić information content (AvgIpc) is 2.75. The van der Waals surface area contributed by atoms with E-state index >= 15 is 0 Å². The summed E-state index contributed by atoms with van der Waals surface area (Å²) in [4.78, 5) is 58.7. The fourth-order valence-electron chi connectivity index (χ4n) is 3.38. The van der Waals surface area contributed by atoms with Crippen LogP contribution in [0.25, 0.3) is 0 Å². The normalized spacial score (nSPS) is 23.9. The van der Waals surface area contributed by atoms with Crippen molar-refractivity contribution in [1.82, 2.24) is 0 Å². The van der Waals surface area contributed by atoms with Gasteiger partial charge in [0.25, 0.3) is 0 Å². The van der Waals surface area contributed by atoms with Crippen LogP contribution in [0.5, 0.6) is 5.75 Å². The Hall–Kier alpha value is -3.67. The number of carboxylic acid groups (broad SMARTS) is 1. The lowest BCUT2D eigenvalue weighted by molar-refractivity contribution is -0.266. The second-order valence-electron chi connectivity index (χ2n) is 7.49. The van der Waals surface area contributed by atoms with Gasteiger partial charge in [0.1, 0.15) is 17.9 Å². The zero-order chi connectivity index (χ0) is 25.6. The molecule has 1 aliphatic rings. The van der Waals surface area contributed by atoms with Crippen LogP contribution in [0, 0.1) is 5.92 Å². The summed E-state index contributed by atoms with van der Waals surface area (Å²) in [6, 6.07) is 3.98. The Kier molecular flexibility index (Phi) is 8.96. The fourth-order valence-corrected chi connectivity index (χ4v) is 3.38. The molecule has 0 spiro atoms. The first-order valence-corrected chi connectivity index (χ1v) is 10.2. The van der Waals surface area contributed by atoms with Gasteiger partial charge < -0.3 is 33.5 Å². The van der Waals surface area contributed by atoms with Crippen LogP contribution in [-0.2, 0) is 49.5 Å². The molecular formula is C22H26O12. The molecule has 0 unspecified atom stereocenters. The van der Waals surface area contributed by atoms with Crippen LogP contribution in [0.4, 0.5) is 0 Å². The van der Waals surface area contributed by atoms with E-state index in [1.807, 2.05) is 0 Å². The van der Waals surface area contributed by atoms with Gasteiger partial charge in [0, 0.05) is 26.7 Å². The number of benzene rings is 1. The molecule has 2 rings (SSSR count). The second kappa shape index (κ2) is 11.5. The molecule has 0 aromatic heterocycles. The fraction of sp³-hybridized carbons (Fsp3) is 0.500. The van der Waals surface area contributed by atoms with Crippen molar-refractivity contribution in [2.24, 2.45) is 5.92 Å². The van der Waals surface area contributed by atoms with E-state index in [1.54, 1.807) is 0 Å². The molecule has 1 fully saturated rings. The second-order valence-corrected chi connectivity index (χ2v) is 7.49. The van der Waals surface area contributed by atoms with Crippen molar-refractivity contribution in [2.75, 3.05) is 7.11 Å². The zero-order valence-corrected chi connectivity index (χ0v) is 19.3. The number of esters is 4. The number of aromatic carboxylic acids is 1. The number of carboxylic acids is 1. The summed E-state index contributed by atoms with van der Waals surface area (Å²) in [7, 11) is 1.14. The van der Waals surface area contributed by atoms with Gasteiger partial charge in [-0.25, -0.2) is 9.59 Å². The van der Waals surface area contributed by atoms with Crippen LogP contribution in [0.1, 0.15) is 43.6 Å². The molecule has 0 bridgehead atoms. The van der Waals surface area contributed by atoms with Crippen molar-refractivity contribution < 1.29 is 57.5 Å². The van der Waals surface area contributed by atoms with Gasteiger partial charge in [-0.1, -0.05) is 13.0 Å². The van der Waals surface area contributed by atoms with Gasteiger partial charge in [0.05, 0.1) is 7.11 Å². The number of rotatable bonds is 8. The Morgan fingerprint density at radius 1 is 0.971 bits per heavy atom. The summed E-state index contributed by atoms with van der Waals surface area (Å²) < 4.78 is 31.7. The smallest absolute Gasteiger partial charge is 0.339 e. The summed E-state index contributed by atoms with van der Waals surface area (Å²) in [5.41, 5.74) is 0.0620. The molecule has 1 aromatic carbocycles. The maximum atomic E-state index is 12.3. The van der Waals surface area contributed by atoms with Gasteiger partial charge in [-0.3, -0.25) is 14.4 Å². The van der Waals surface area contributed by atoms with E-state index in [0.717, 1.165) is 21.0 Å². The van der Waals surface area contributed by atoms with Gasteiger partial charge in [0.15, 0.2) is 12.2 Å². The van der Waals surface area contributed by atoms with Crippen molar-refractivity contribution >= 4 is 29.8 Å². The molecule has 1 aromatic rings. The highest BCUT2D eigenvalue weighted by molar-refractivity contribution is 5.91. The molecule has 1 saturated heterocycles. The van der Waals surface area contributed by atoms with Crippen LogP contribution in [0.3, 0.4) is 0 Å². The van der Waals surface area contributed by atoms with Gasteiger partial charge in [-0.15, -0.1) is 0 Å². The van der Waals surface area contributed by atoms with Gasteiger partial charge in [-0.2, -0.15) is 0 Å². The van der Waals surface area contributed by atoms with E-state index in [0.29, 0.717) is 5.56 Å². The first-order valence-electron chi connectivity index (χ1n) is 10.2. The topological polar surface area (TPSA) is 161 Å². The Morgan fingerprint density at radius 2 is 1.59 bits per heavy atom. The third-order valence-corrected chi connectivity index (χ3v) is 4.87. The number of ether oxygens (including phenoxy) is 6. The highest BCUT2D eigenvalue weighted by Gasteiger charge is 2.52. The number of hydrogen-bond donors (Lipinski definition) is 1. The minimum absolute atomic E-state index is 0.164. The summed E-state index contributed by atoms with van der Waals surface area (Å²) in [5.74, 6) is -5.16. The van der Waals surface area contributed by atoms with E-state index in [-0.39, 0.29) is 17.9 Å². The molecule has 34 heavy (non-hydrogen) atoms. The molecule has 1 aliphatic heterocycles. The Balaban J connectivity index is 2.46. The van der Waals surface area contributed by atoms with E-state index in [2.05, 4.69) is 0 Å². The maximum Gasteiger partial charge on any atom is 0.339 e. The van der Waals surface area contributed by atoms with E-state index in [4.69, 9.17) is 28.4 Å².